The highest BCUT2D eigenvalue weighted by Crippen LogP contribution is 2.32. The topological polar surface area (TPSA) is 47.0 Å². The second-order valence-electron chi connectivity index (χ2n) is 5.78. The fourth-order valence-electron chi connectivity index (χ4n) is 2.63. The fourth-order valence-corrected chi connectivity index (χ4v) is 3.36. The highest BCUT2D eigenvalue weighted by molar-refractivity contribution is 7.90. The first-order valence-electron chi connectivity index (χ1n) is 7.49. The minimum Gasteiger partial charge on any atom is -0.256 e. The van der Waals surface area contributed by atoms with E-state index in [9.17, 15) is 17.2 Å². The van der Waals surface area contributed by atoms with Crippen molar-refractivity contribution in [1.29, 1.82) is 0 Å². The normalized spacial score (nSPS) is 11.5. The third-order valence-corrected chi connectivity index (χ3v) is 5.01. The first kappa shape index (κ1) is 17.2. The van der Waals surface area contributed by atoms with E-state index in [1.807, 2.05) is 0 Å². The van der Waals surface area contributed by atoms with Crippen LogP contribution in [-0.4, -0.2) is 19.7 Å². The molecule has 1 heterocycles. The molecule has 0 atom stereocenters. The number of aryl methyl sites for hydroxylation is 1. The van der Waals surface area contributed by atoms with Crippen LogP contribution < -0.4 is 0 Å². The largest absolute Gasteiger partial charge is 0.256 e. The van der Waals surface area contributed by atoms with Crippen LogP contribution in [0.25, 0.3) is 22.4 Å². The van der Waals surface area contributed by atoms with E-state index in [0.717, 1.165) is 17.9 Å². The number of aromatic nitrogens is 1. The monoisotopic (exact) mass is 359 g/mol. The molecule has 0 aliphatic carbocycles. The Hall–Kier alpha value is -2.60. The van der Waals surface area contributed by atoms with Crippen molar-refractivity contribution in [1.82, 2.24) is 4.98 Å². The molecule has 0 radical (unpaired) electrons. The minimum absolute atomic E-state index is 0.308. The summed E-state index contributed by atoms with van der Waals surface area (Å²) in [4.78, 5) is 3.95. The maximum absolute atomic E-state index is 14.2. The van der Waals surface area contributed by atoms with Crippen molar-refractivity contribution in [3.8, 4) is 22.4 Å². The molecule has 3 rings (SSSR count). The summed E-state index contributed by atoms with van der Waals surface area (Å²) in [5.41, 5.74) is 2.88. The van der Waals surface area contributed by atoms with Crippen LogP contribution >= 0.6 is 0 Å². The molecule has 0 spiro atoms. The molecule has 0 saturated heterocycles. The minimum atomic E-state index is -3.64. The number of hydrogen-bond acceptors (Lipinski definition) is 3. The lowest BCUT2D eigenvalue weighted by molar-refractivity contribution is 0.571. The SMILES string of the molecule is Cc1cc(-c2cccnc2-c2ccc(S(C)(=O)=O)c(F)c2)ccc1F. The lowest BCUT2D eigenvalue weighted by atomic mass is 9.98. The highest BCUT2D eigenvalue weighted by Gasteiger charge is 2.16. The van der Waals surface area contributed by atoms with Crippen LogP contribution in [0.15, 0.2) is 59.6 Å². The van der Waals surface area contributed by atoms with Gasteiger partial charge in [-0.2, -0.15) is 0 Å². The van der Waals surface area contributed by atoms with Gasteiger partial charge in [0.05, 0.1) is 5.69 Å². The van der Waals surface area contributed by atoms with E-state index in [2.05, 4.69) is 4.98 Å². The summed E-state index contributed by atoms with van der Waals surface area (Å²) >= 11 is 0. The average molecular weight is 359 g/mol. The zero-order chi connectivity index (χ0) is 18.2. The van der Waals surface area contributed by atoms with Gasteiger partial charge in [0, 0.05) is 23.6 Å². The van der Waals surface area contributed by atoms with Gasteiger partial charge in [-0.1, -0.05) is 18.2 Å². The Morgan fingerprint density at radius 3 is 2.28 bits per heavy atom. The van der Waals surface area contributed by atoms with Crippen molar-refractivity contribution >= 4 is 9.84 Å². The Morgan fingerprint density at radius 2 is 1.64 bits per heavy atom. The predicted octanol–water partition coefficient (Wildman–Crippen LogP) is 4.41. The van der Waals surface area contributed by atoms with Crippen molar-refractivity contribution in [3.05, 3.63) is 71.9 Å². The summed E-state index contributed by atoms with van der Waals surface area (Å²) in [5.74, 6) is -1.13. The lowest BCUT2D eigenvalue weighted by Gasteiger charge is -2.11. The number of halogens is 2. The number of pyridine rings is 1. The third kappa shape index (κ3) is 3.44. The predicted molar refractivity (Wildman–Crippen MR) is 92.9 cm³/mol. The first-order chi connectivity index (χ1) is 11.8. The zero-order valence-corrected chi connectivity index (χ0v) is 14.4. The Labute approximate surface area is 144 Å². The quantitative estimate of drug-likeness (QED) is 0.696. The van der Waals surface area contributed by atoms with Gasteiger partial charge in [0.25, 0.3) is 0 Å². The van der Waals surface area contributed by atoms with Gasteiger partial charge in [0.2, 0.25) is 0 Å². The van der Waals surface area contributed by atoms with E-state index in [4.69, 9.17) is 0 Å². The van der Waals surface area contributed by atoms with Crippen molar-refractivity contribution in [2.75, 3.05) is 6.26 Å². The van der Waals surface area contributed by atoms with Crippen LogP contribution in [0, 0.1) is 18.6 Å². The van der Waals surface area contributed by atoms with Crippen LogP contribution in [0.5, 0.6) is 0 Å². The molecule has 0 amide bonds. The molecule has 3 aromatic rings. The smallest absolute Gasteiger partial charge is 0.178 e. The van der Waals surface area contributed by atoms with E-state index in [-0.39, 0.29) is 10.7 Å². The Morgan fingerprint density at radius 1 is 0.920 bits per heavy atom. The molecular formula is C19H15F2NO2S. The molecule has 2 aromatic carbocycles. The maximum atomic E-state index is 14.2. The molecule has 0 aliphatic rings. The average Bonchev–Trinajstić information content (AvgIpc) is 2.56. The molecule has 0 bridgehead atoms. The zero-order valence-electron chi connectivity index (χ0n) is 13.6. The van der Waals surface area contributed by atoms with Gasteiger partial charge in [-0.25, -0.2) is 17.2 Å². The third-order valence-electron chi connectivity index (χ3n) is 3.88. The van der Waals surface area contributed by atoms with Crippen LogP contribution in [0.4, 0.5) is 8.78 Å². The summed E-state index contributed by atoms with van der Waals surface area (Å²) < 4.78 is 50.9. The summed E-state index contributed by atoms with van der Waals surface area (Å²) in [7, 11) is -3.64. The molecule has 6 heteroatoms. The number of nitrogens with zero attached hydrogens (tertiary/aromatic N) is 1. The molecule has 25 heavy (non-hydrogen) atoms. The summed E-state index contributed by atoms with van der Waals surface area (Å²) in [5, 5.41) is 0. The van der Waals surface area contributed by atoms with Crippen LogP contribution in [0.3, 0.4) is 0 Å². The summed E-state index contributed by atoms with van der Waals surface area (Å²) in [6.45, 7) is 1.66. The van der Waals surface area contributed by atoms with E-state index < -0.39 is 15.7 Å². The molecule has 0 aliphatic heterocycles. The standard InChI is InChI=1S/C19H15F2NO2S/c1-12-10-13(5-7-16(12)20)15-4-3-9-22-19(15)14-6-8-18(17(21)11-14)25(2,23)24/h3-11H,1-2H3. The molecule has 3 nitrogen and oxygen atoms in total. The van der Waals surface area contributed by atoms with Crippen molar-refractivity contribution < 1.29 is 17.2 Å². The molecule has 0 N–H and O–H groups in total. The van der Waals surface area contributed by atoms with E-state index in [1.54, 1.807) is 37.4 Å². The molecule has 128 valence electrons. The fraction of sp³-hybridized carbons (Fsp3) is 0.105. The summed E-state index contributed by atoms with van der Waals surface area (Å²) in [6.07, 6.45) is 2.52. The molecule has 0 saturated carbocycles. The Bertz CT molecular complexity index is 1060. The van der Waals surface area contributed by atoms with Crippen molar-refractivity contribution in [2.24, 2.45) is 0 Å². The summed E-state index contributed by atoms with van der Waals surface area (Å²) in [6, 6.07) is 12.1. The lowest BCUT2D eigenvalue weighted by Crippen LogP contribution is -2.01. The molecule has 0 fully saturated rings. The second-order valence-corrected chi connectivity index (χ2v) is 7.77. The van der Waals surface area contributed by atoms with Gasteiger partial charge in [-0.15, -0.1) is 0 Å². The van der Waals surface area contributed by atoms with Gasteiger partial charge in [-0.05, 0) is 48.4 Å². The van der Waals surface area contributed by atoms with Crippen molar-refractivity contribution in [3.63, 3.8) is 0 Å². The Kier molecular flexibility index (Phi) is 4.39. The first-order valence-corrected chi connectivity index (χ1v) is 9.38. The number of sulfone groups is 1. The van der Waals surface area contributed by atoms with Crippen LogP contribution in [-0.2, 0) is 9.84 Å². The molecule has 1 aromatic heterocycles. The number of rotatable bonds is 3. The van der Waals surface area contributed by atoms with E-state index in [1.165, 1.54) is 18.2 Å². The van der Waals surface area contributed by atoms with Gasteiger partial charge in [0.1, 0.15) is 16.5 Å². The highest BCUT2D eigenvalue weighted by atomic mass is 32.2. The van der Waals surface area contributed by atoms with Gasteiger partial charge in [-0.3, -0.25) is 4.98 Å². The van der Waals surface area contributed by atoms with E-state index >= 15 is 0 Å². The van der Waals surface area contributed by atoms with Crippen LogP contribution in [0.1, 0.15) is 5.56 Å². The number of hydrogen-bond donors (Lipinski definition) is 0. The van der Waals surface area contributed by atoms with Crippen molar-refractivity contribution in [2.45, 2.75) is 11.8 Å². The second kappa shape index (κ2) is 6.37. The van der Waals surface area contributed by atoms with Gasteiger partial charge < -0.3 is 0 Å². The Balaban J connectivity index is 2.16. The molecular weight excluding hydrogens is 344 g/mol. The van der Waals surface area contributed by atoms with Gasteiger partial charge >= 0.3 is 0 Å². The van der Waals surface area contributed by atoms with E-state index in [0.29, 0.717) is 22.4 Å². The maximum Gasteiger partial charge on any atom is 0.178 e. The number of benzene rings is 2. The van der Waals surface area contributed by atoms with Gasteiger partial charge in [0.15, 0.2) is 9.84 Å². The molecule has 0 unspecified atom stereocenters. The van der Waals surface area contributed by atoms with Crippen LogP contribution in [0.2, 0.25) is 0 Å².